The molecule has 4 N–H and O–H groups in total. The van der Waals surface area contributed by atoms with Crippen LogP contribution in [0.3, 0.4) is 0 Å². The molecule has 23 heavy (non-hydrogen) atoms. The zero-order valence-electron chi connectivity index (χ0n) is 11.7. The van der Waals surface area contributed by atoms with Gasteiger partial charge in [-0.15, -0.1) is 0 Å². The number of carbonyl (C=O) groups is 2. The lowest BCUT2D eigenvalue weighted by Crippen LogP contribution is -2.24. The molecular formula is C15H12Cl2FN3O2. The molecule has 0 bridgehead atoms. The Morgan fingerprint density at radius 3 is 2.39 bits per heavy atom. The summed E-state index contributed by atoms with van der Waals surface area (Å²) in [6.07, 6.45) is 0. The molecule has 2 rings (SSSR count). The third-order valence-corrected chi connectivity index (χ3v) is 3.36. The van der Waals surface area contributed by atoms with E-state index in [0.29, 0.717) is 15.7 Å². The first-order valence-corrected chi connectivity index (χ1v) is 7.20. The molecule has 0 fully saturated rings. The van der Waals surface area contributed by atoms with Gasteiger partial charge in [-0.1, -0.05) is 23.2 Å². The fraction of sp³-hybridized carbons (Fsp3) is 0.0667. The SMILES string of the molecule is NC(=O)c1cc(Cl)ccc1NCC(=O)Nc1cc(Cl)ccc1F. The molecule has 0 saturated heterocycles. The minimum atomic E-state index is -0.684. The zero-order valence-corrected chi connectivity index (χ0v) is 13.2. The van der Waals surface area contributed by atoms with E-state index in [2.05, 4.69) is 10.6 Å². The number of halogens is 3. The molecule has 8 heteroatoms. The van der Waals surface area contributed by atoms with E-state index in [4.69, 9.17) is 28.9 Å². The third kappa shape index (κ3) is 4.58. The first kappa shape index (κ1) is 17.1. The molecule has 5 nitrogen and oxygen atoms in total. The van der Waals surface area contributed by atoms with Gasteiger partial charge >= 0.3 is 0 Å². The highest BCUT2D eigenvalue weighted by Gasteiger charge is 2.11. The van der Waals surface area contributed by atoms with Crippen LogP contribution < -0.4 is 16.4 Å². The molecule has 2 amide bonds. The summed E-state index contributed by atoms with van der Waals surface area (Å²) in [5.41, 5.74) is 5.72. The van der Waals surface area contributed by atoms with Crippen molar-refractivity contribution in [2.24, 2.45) is 5.73 Å². The van der Waals surface area contributed by atoms with Crippen LogP contribution in [-0.2, 0) is 4.79 Å². The van der Waals surface area contributed by atoms with Crippen molar-refractivity contribution in [2.75, 3.05) is 17.2 Å². The molecule has 0 aliphatic rings. The zero-order chi connectivity index (χ0) is 17.0. The Labute approximate surface area is 141 Å². The first-order chi connectivity index (χ1) is 10.9. The maximum atomic E-state index is 13.5. The number of nitrogens with one attached hydrogen (secondary N) is 2. The molecule has 0 radical (unpaired) electrons. The quantitative estimate of drug-likeness (QED) is 0.769. The molecule has 0 heterocycles. The Morgan fingerprint density at radius 2 is 1.70 bits per heavy atom. The molecule has 0 aromatic heterocycles. The second kappa shape index (κ2) is 7.30. The minimum absolute atomic E-state index is 0.0319. The Kier molecular flexibility index (Phi) is 5.41. The summed E-state index contributed by atoms with van der Waals surface area (Å²) >= 11 is 11.5. The van der Waals surface area contributed by atoms with E-state index in [0.717, 1.165) is 6.07 Å². The van der Waals surface area contributed by atoms with Crippen molar-refractivity contribution in [3.8, 4) is 0 Å². The van der Waals surface area contributed by atoms with Crippen molar-refractivity contribution < 1.29 is 14.0 Å². The average molecular weight is 356 g/mol. The number of hydrogen-bond donors (Lipinski definition) is 3. The predicted octanol–water partition coefficient (Wildman–Crippen LogP) is 3.28. The van der Waals surface area contributed by atoms with Gasteiger partial charge < -0.3 is 16.4 Å². The van der Waals surface area contributed by atoms with Gasteiger partial charge in [-0.2, -0.15) is 0 Å². The summed E-state index contributed by atoms with van der Waals surface area (Å²) in [5.74, 6) is -1.81. The van der Waals surface area contributed by atoms with Crippen LogP contribution in [-0.4, -0.2) is 18.4 Å². The number of primary amides is 1. The molecule has 0 saturated carbocycles. The van der Waals surface area contributed by atoms with Crippen LogP contribution in [0, 0.1) is 5.82 Å². The molecule has 0 aliphatic heterocycles. The van der Waals surface area contributed by atoms with Gasteiger partial charge in [0.15, 0.2) is 0 Å². The third-order valence-electron chi connectivity index (χ3n) is 2.89. The van der Waals surface area contributed by atoms with Crippen molar-refractivity contribution >= 4 is 46.4 Å². The molecule has 0 aliphatic carbocycles. The van der Waals surface area contributed by atoms with Crippen LogP contribution in [0.1, 0.15) is 10.4 Å². The number of nitrogens with two attached hydrogens (primary N) is 1. The summed E-state index contributed by atoms with van der Waals surface area (Å²) in [5, 5.41) is 5.76. The Hall–Kier alpha value is -2.31. The number of benzene rings is 2. The first-order valence-electron chi connectivity index (χ1n) is 6.45. The van der Waals surface area contributed by atoms with Crippen molar-refractivity contribution in [3.05, 3.63) is 57.8 Å². The van der Waals surface area contributed by atoms with Gasteiger partial charge in [-0.3, -0.25) is 9.59 Å². The normalized spacial score (nSPS) is 10.2. The number of rotatable bonds is 5. The topological polar surface area (TPSA) is 84.2 Å². The second-order valence-corrected chi connectivity index (χ2v) is 5.45. The van der Waals surface area contributed by atoms with Crippen molar-refractivity contribution in [1.29, 1.82) is 0 Å². The van der Waals surface area contributed by atoms with Gasteiger partial charge in [0, 0.05) is 15.7 Å². The number of amides is 2. The highest BCUT2D eigenvalue weighted by atomic mass is 35.5. The Morgan fingerprint density at radius 1 is 1.04 bits per heavy atom. The summed E-state index contributed by atoms with van der Waals surface area (Å²) in [7, 11) is 0. The maximum absolute atomic E-state index is 13.5. The number of carbonyl (C=O) groups excluding carboxylic acids is 2. The van der Waals surface area contributed by atoms with E-state index in [1.54, 1.807) is 6.07 Å². The van der Waals surface area contributed by atoms with Crippen molar-refractivity contribution in [2.45, 2.75) is 0 Å². The van der Waals surface area contributed by atoms with E-state index < -0.39 is 17.6 Å². The van der Waals surface area contributed by atoms with Gasteiger partial charge in [0.25, 0.3) is 5.91 Å². The molecule has 0 unspecified atom stereocenters. The van der Waals surface area contributed by atoms with E-state index in [-0.39, 0.29) is 17.8 Å². The lowest BCUT2D eigenvalue weighted by atomic mass is 10.1. The lowest BCUT2D eigenvalue weighted by Gasteiger charge is -2.11. The van der Waals surface area contributed by atoms with Gasteiger partial charge in [-0.25, -0.2) is 4.39 Å². The van der Waals surface area contributed by atoms with E-state index in [1.165, 1.54) is 24.3 Å². The van der Waals surface area contributed by atoms with Crippen LogP contribution in [0.15, 0.2) is 36.4 Å². The Bertz CT molecular complexity index is 768. The maximum Gasteiger partial charge on any atom is 0.250 e. The number of hydrogen-bond acceptors (Lipinski definition) is 3. The lowest BCUT2D eigenvalue weighted by molar-refractivity contribution is -0.114. The molecule has 2 aromatic carbocycles. The molecule has 0 spiro atoms. The van der Waals surface area contributed by atoms with Crippen LogP contribution >= 0.6 is 23.2 Å². The highest BCUT2D eigenvalue weighted by Crippen LogP contribution is 2.21. The van der Waals surface area contributed by atoms with Gasteiger partial charge in [0.2, 0.25) is 5.91 Å². The van der Waals surface area contributed by atoms with Crippen molar-refractivity contribution in [1.82, 2.24) is 0 Å². The summed E-state index contributed by atoms with van der Waals surface area (Å²) in [4.78, 5) is 23.2. The fourth-order valence-corrected chi connectivity index (χ4v) is 2.18. The summed E-state index contributed by atoms with van der Waals surface area (Å²) < 4.78 is 13.5. The highest BCUT2D eigenvalue weighted by molar-refractivity contribution is 6.31. The number of anilines is 2. The summed E-state index contributed by atoms with van der Waals surface area (Å²) in [6, 6.07) is 8.28. The van der Waals surface area contributed by atoms with Crippen LogP contribution in [0.5, 0.6) is 0 Å². The minimum Gasteiger partial charge on any atom is -0.375 e. The van der Waals surface area contributed by atoms with Gasteiger partial charge in [0.05, 0.1) is 17.8 Å². The van der Waals surface area contributed by atoms with Crippen LogP contribution in [0.25, 0.3) is 0 Å². The van der Waals surface area contributed by atoms with E-state index in [9.17, 15) is 14.0 Å². The second-order valence-electron chi connectivity index (χ2n) is 4.58. The molecular weight excluding hydrogens is 344 g/mol. The molecule has 2 aromatic rings. The van der Waals surface area contributed by atoms with E-state index >= 15 is 0 Å². The predicted molar refractivity (Wildman–Crippen MR) is 88.5 cm³/mol. The van der Waals surface area contributed by atoms with Gasteiger partial charge in [-0.05, 0) is 36.4 Å². The van der Waals surface area contributed by atoms with Gasteiger partial charge in [0.1, 0.15) is 5.82 Å². The fourth-order valence-electron chi connectivity index (χ4n) is 1.84. The van der Waals surface area contributed by atoms with Crippen molar-refractivity contribution in [3.63, 3.8) is 0 Å². The van der Waals surface area contributed by atoms with Crippen LogP contribution in [0.4, 0.5) is 15.8 Å². The smallest absolute Gasteiger partial charge is 0.250 e. The van der Waals surface area contributed by atoms with E-state index in [1.807, 2.05) is 0 Å². The molecule has 120 valence electrons. The Balaban J connectivity index is 2.05. The standard InChI is InChI=1S/C15H12Cl2FN3O2/c16-8-2-4-12(10(5-8)15(19)23)20-7-14(22)21-13-6-9(17)1-3-11(13)18/h1-6,20H,7H2,(H2,19,23)(H,21,22). The monoisotopic (exact) mass is 355 g/mol. The molecule has 0 atom stereocenters. The summed E-state index contributed by atoms with van der Waals surface area (Å²) in [6.45, 7) is -0.201. The van der Waals surface area contributed by atoms with Crippen LogP contribution in [0.2, 0.25) is 10.0 Å². The largest absolute Gasteiger partial charge is 0.375 e. The average Bonchev–Trinajstić information content (AvgIpc) is 2.49.